The molecule has 2 rings (SSSR count). The predicted octanol–water partition coefficient (Wildman–Crippen LogP) is 0.845. The van der Waals surface area contributed by atoms with Crippen LogP contribution in [0.25, 0.3) is 0 Å². The molecule has 0 saturated carbocycles. The van der Waals surface area contributed by atoms with Crippen molar-refractivity contribution in [2.45, 2.75) is 38.8 Å². The SMILES string of the molecule is CCOc1ccccc1CN1CCNC(=O)[C@H]1CC(=O)NCCCC(=O)OC. The van der Waals surface area contributed by atoms with Crippen LogP contribution in [0.3, 0.4) is 0 Å². The lowest BCUT2D eigenvalue weighted by Crippen LogP contribution is -2.56. The fraction of sp³-hybridized carbons (Fsp3) is 0.550. The largest absolute Gasteiger partial charge is 0.494 e. The predicted molar refractivity (Wildman–Crippen MR) is 104 cm³/mol. The van der Waals surface area contributed by atoms with Gasteiger partial charge in [-0.05, 0) is 19.4 Å². The van der Waals surface area contributed by atoms with Gasteiger partial charge in [0.1, 0.15) is 5.75 Å². The Morgan fingerprint density at radius 3 is 2.86 bits per heavy atom. The Kier molecular flexibility index (Phi) is 8.74. The van der Waals surface area contributed by atoms with Crippen LogP contribution in [0.1, 0.15) is 31.7 Å². The highest BCUT2D eigenvalue weighted by atomic mass is 16.5. The summed E-state index contributed by atoms with van der Waals surface area (Å²) in [6, 6.07) is 7.19. The lowest BCUT2D eigenvalue weighted by Gasteiger charge is -2.35. The lowest BCUT2D eigenvalue weighted by molar-refractivity contribution is -0.140. The van der Waals surface area contributed by atoms with Gasteiger partial charge in [-0.1, -0.05) is 18.2 Å². The Hall–Kier alpha value is -2.61. The van der Waals surface area contributed by atoms with Gasteiger partial charge in [0.25, 0.3) is 0 Å². The van der Waals surface area contributed by atoms with Crippen molar-refractivity contribution in [1.82, 2.24) is 15.5 Å². The summed E-state index contributed by atoms with van der Waals surface area (Å²) in [5, 5.41) is 5.60. The molecule has 1 aliphatic rings. The summed E-state index contributed by atoms with van der Waals surface area (Å²) in [4.78, 5) is 37.8. The molecular formula is C20H29N3O5. The number of carbonyl (C=O) groups is 3. The smallest absolute Gasteiger partial charge is 0.305 e. The van der Waals surface area contributed by atoms with Gasteiger partial charge in [-0.25, -0.2) is 0 Å². The molecule has 1 fully saturated rings. The van der Waals surface area contributed by atoms with E-state index in [-0.39, 0.29) is 30.6 Å². The molecule has 2 N–H and O–H groups in total. The number of amides is 2. The minimum absolute atomic E-state index is 0.0703. The van der Waals surface area contributed by atoms with Crippen molar-refractivity contribution < 1.29 is 23.9 Å². The molecule has 1 heterocycles. The van der Waals surface area contributed by atoms with Crippen LogP contribution in [-0.4, -0.2) is 62.1 Å². The molecule has 0 spiro atoms. The average Bonchev–Trinajstić information content (AvgIpc) is 2.69. The zero-order chi connectivity index (χ0) is 20.4. The van der Waals surface area contributed by atoms with Gasteiger partial charge in [-0.2, -0.15) is 0 Å². The molecule has 154 valence electrons. The first-order valence-electron chi connectivity index (χ1n) is 9.61. The summed E-state index contributed by atoms with van der Waals surface area (Å²) >= 11 is 0. The van der Waals surface area contributed by atoms with Crippen LogP contribution in [0.2, 0.25) is 0 Å². The highest BCUT2D eigenvalue weighted by Crippen LogP contribution is 2.22. The van der Waals surface area contributed by atoms with Crippen molar-refractivity contribution in [1.29, 1.82) is 0 Å². The van der Waals surface area contributed by atoms with Gasteiger partial charge in [-0.3, -0.25) is 19.3 Å². The first-order valence-corrected chi connectivity index (χ1v) is 9.61. The Labute approximate surface area is 165 Å². The minimum Gasteiger partial charge on any atom is -0.494 e. The van der Waals surface area contributed by atoms with Gasteiger partial charge in [0.15, 0.2) is 0 Å². The fourth-order valence-corrected chi connectivity index (χ4v) is 3.13. The van der Waals surface area contributed by atoms with E-state index in [9.17, 15) is 14.4 Å². The topological polar surface area (TPSA) is 97.0 Å². The van der Waals surface area contributed by atoms with Gasteiger partial charge in [-0.15, -0.1) is 0 Å². The third-order valence-corrected chi connectivity index (χ3v) is 4.57. The van der Waals surface area contributed by atoms with E-state index in [0.717, 1.165) is 11.3 Å². The summed E-state index contributed by atoms with van der Waals surface area (Å²) in [7, 11) is 1.33. The van der Waals surface area contributed by atoms with E-state index in [2.05, 4.69) is 15.4 Å². The zero-order valence-electron chi connectivity index (χ0n) is 16.5. The third kappa shape index (κ3) is 6.53. The maximum atomic E-state index is 12.4. The molecule has 0 radical (unpaired) electrons. The highest BCUT2D eigenvalue weighted by Gasteiger charge is 2.31. The molecule has 2 amide bonds. The summed E-state index contributed by atoms with van der Waals surface area (Å²) < 4.78 is 10.2. The van der Waals surface area contributed by atoms with Gasteiger partial charge >= 0.3 is 5.97 Å². The van der Waals surface area contributed by atoms with Crippen molar-refractivity contribution >= 4 is 17.8 Å². The van der Waals surface area contributed by atoms with Crippen molar-refractivity contribution in [3.8, 4) is 5.75 Å². The number of carbonyl (C=O) groups excluding carboxylic acids is 3. The van der Waals surface area contributed by atoms with Crippen LogP contribution in [0, 0.1) is 0 Å². The van der Waals surface area contributed by atoms with E-state index < -0.39 is 6.04 Å². The number of esters is 1. The Morgan fingerprint density at radius 2 is 2.11 bits per heavy atom. The monoisotopic (exact) mass is 391 g/mol. The second kappa shape index (κ2) is 11.3. The molecule has 0 aromatic heterocycles. The number of benzene rings is 1. The van der Waals surface area contributed by atoms with E-state index in [0.29, 0.717) is 39.2 Å². The Morgan fingerprint density at radius 1 is 1.32 bits per heavy atom. The molecule has 1 aromatic rings. The second-order valence-corrected chi connectivity index (χ2v) is 6.55. The van der Waals surface area contributed by atoms with Gasteiger partial charge in [0.2, 0.25) is 11.8 Å². The number of hydrogen-bond acceptors (Lipinski definition) is 6. The van der Waals surface area contributed by atoms with Crippen LogP contribution in [0.5, 0.6) is 5.75 Å². The molecule has 28 heavy (non-hydrogen) atoms. The standard InChI is InChI=1S/C20H29N3O5/c1-3-28-17-8-5-4-7-15(17)14-23-12-11-22-20(26)16(23)13-18(24)21-10-6-9-19(25)27-2/h4-5,7-8,16H,3,6,9-14H2,1-2H3,(H,21,24)(H,22,26)/t16-/m1/s1. The third-order valence-electron chi connectivity index (χ3n) is 4.57. The van der Waals surface area contributed by atoms with Gasteiger partial charge in [0.05, 0.1) is 26.2 Å². The maximum absolute atomic E-state index is 12.4. The number of hydrogen-bond donors (Lipinski definition) is 2. The van der Waals surface area contributed by atoms with Crippen molar-refractivity contribution in [3.05, 3.63) is 29.8 Å². The Bertz CT molecular complexity index is 680. The zero-order valence-corrected chi connectivity index (χ0v) is 16.5. The van der Waals surface area contributed by atoms with E-state index in [1.165, 1.54) is 7.11 Å². The van der Waals surface area contributed by atoms with E-state index in [1.807, 2.05) is 36.1 Å². The summed E-state index contributed by atoms with van der Waals surface area (Å²) in [6.45, 7) is 4.60. The normalized spacial score (nSPS) is 16.9. The number of piperazine rings is 1. The summed E-state index contributed by atoms with van der Waals surface area (Å²) in [5.74, 6) is 0.127. The molecule has 0 unspecified atom stereocenters. The maximum Gasteiger partial charge on any atom is 0.305 e. The van der Waals surface area contributed by atoms with Gasteiger partial charge < -0.3 is 20.1 Å². The molecule has 1 aromatic carbocycles. The Balaban J connectivity index is 1.94. The molecular weight excluding hydrogens is 362 g/mol. The highest BCUT2D eigenvalue weighted by molar-refractivity contribution is 5.88. The second-order valence-electron chi connectivity index (χ2n) is 6.55. The molecule has 1 aliphatic heterocycles. The van der Waals surface area contributed by atoms with Crippen molar-refractivity contribution in [2.24, 2.45) is 0 Å². The quantitative estimate of drug-likeness (QED) is 0.453. The van der Waals surface area contributed by atoms with Crippen LogP contribution in [0.4, 0.5) is 0 Å². The first-order chi connectivity index (χ1) is 13.5. The van der Waals surface area contributed by atoms with E-state index in [1.54, 1.807) is 0 Å². The number of rotatable bonds is 10. The summed E-state index contributed by atoms with van der Waals surface area (Å²) in [6.07, 6.45) is 0.822. The fourth-order valence-electron chi connectivity index (χ4n) is 3.13. The number of methoxy groups -OCH3 is 1. The van der Waals surface area contributed by atoms with Crippen LogP contribution >= 0.6 is 0 Å². The van der Waals surface area contributed by atoms with Crippen LogP contribution in [0.15, 0.2) is 24.3 Å². The molecule has 8 nitrogen and oxygen atoms in total. The van der Waals surface area contributed by atoms with Gasteiger partial charge in [0, 0.05) is 38.2 Å². The first kappa shape index (κ1) is 21.7. The minimum atomic E-state index is -0.538. The van der Waals surface area contributed by atoms with E-state index in [4.69, 9.17) is 4.74 Å². The van der Waals surface area contributed by atoms with Crippen LogP contribution < -0.4 is 15.4 Å². The van der Waals surface area contributed by atoms with E-state index >= 15 is 0 Å². The van der Waals surface area contributed by atoms with Crippen LogP contribution in [-0.2, 0) is 25.7 Å². The lowest BCUT2D eigenvalue weighted by atomic mass is 10.1. The molecule has 0 aliphatic carbocycles. The number of para-hydroxylation sites is 1. The number of nitrogens with one attached hydrogen (secondary N) is 2. The molecule has 1 saturated heterocycles. The number of nitrogens with zero attached hydrogens (tertiary/aromatic N) is 1. The van der Waals surface area contributed by atoms with Crippen molar-refractivity contribution in [3.63, 3.8) is 0 Å². The average molecular weight is 391 g/mol. The molecule has 8 heteroatoms. The van der Waals surface area contributed by atoms with Crippen molar-refractivity contribution in [2.75, 3.05) is 33.4 Å². The number of ether oxygens (including phenoxy) is 2. The molecule has 0 bridgehead atoms. The molecule has 1 atom stereocenters. The summed E-state index contributed by atoms with van der Waals surface area (Å²) in [5.41, 5.74) is 0.988.